The molecule has 0 unspecified atom stereocenters. The summed E-state index contributed by atoms with van der Waals surface area (Å²) < 4.78 is 1.88. The van der Waals surface area contributed by atoms with Crippen LogP contribution in [0.2, 0.25) is 0 Å². The second kappa shape index (κ2) is 7.04. The molecule has 2 aromatic rings. The van der Waals surface area contributed by atoms with Crippen LogP contribution in [0.4, 0.5) is 0 Å². The Labute approximate surface area is 144 Å². The number of aliphatic carboxylic acids is 1. The van der Waals surface area contributed by atoms with Gasteiger partial charge in [0.1, 0.15) is 0 Å². The number of fused-ring (bicyclic) bond motifs is 1. The number of benzene rings is 1. The molecule has 1 aromatic heterocycles. The van der Waals surface area contributed by atoms with Gasteiger partial charge in [-0.2, -0.15) is 0 Å². The quantitative estimate of drug-likeness (QED) is 0.421. The topological polar surface area (TPSA) is 100 Å². The van der Waals surface area contributed by atoms with E-state index in [-0.39, 0.29) is 6.42 Å². The van der Waals surface area contributed by atoms with E-state index in [1.165, 1.54) is 6.20 Å². The summed E-state index contributed by atoms with van der Waals surface area (Å²) in [6.45, 7) is 0.420. The number of rotatable bonds is 6. The fourth-order valence-electron chi connectivity index (χ4n) is 2.64. The van der Waals surface area contributed by atoms with Crippen molar-refractivity contribution in [1.29, 1.82) is 0 Å². The first-order valence-electron chi connectivity index (χ1n) is 7.85. The van der Waals surface area contributed by atoms with Gasteiger partial charge in [-0.05, 0) is 36.8 Å². The van der Waals surface area contributed by atoms with Crippen LogP contribution < -0.4 is 10.6 Å². The van der Waals surface area contributed by atoms with Gasteiger partial charge in [0.2, 0.25) is 0 Å². The van der Waals surface area contributed by atoms with Gasteiger partial charge in [0.05, 0.1) is 5.57 Å². The van der Waals surface area contributed by atoms with E-state index < -0.39 is 17.8 Å². The highest BCUT2D eigenvalue weighted by Crippen LogP contribution is 2.26. The summed E-state index contributed by atoms with van der Waals surface area (Å²) >= 11 is 0. The van der Waals surface area contributed by atoms with Crippen molar-refractivity contribution in [3.63, 3.8) is 0 Å². The van der Waals surface area contributed by atoms with Crippen LogP contribution in [0.3, 0.4) is 0 Å². The molecule has 3 N–H and O–H groups in total. The number of carbonyl (C=O) groups is 3. The van der Waals surface area contributed by atoms with E-state index in [9.17, 15) is 14.4 Å². The second-order valence-corrected chi connectivity index (χ2v) is 5.61. The minimum Gasteiger partial charge on any atom is -0.481 e. The summed E-state index contributed by atoms with van der Waals surface area (Å²) in [5.41, 5.74) is 2.15. The molecule has 0 radical (unpaired) electrons. The van der Waals surface area contributed by atoms with Gasteiger partial charge < -0.3 is 15.0 Å². The zero-order valence-corrected chi connectivity index (χ0v) is 13.4. The molecule has 0 bridgehead atoms. The predicted molar refractivity (Wildman–Crippen MR) is 91.1 cm³/mol. The second-order valence-electron chi connectivity index (χ2n) is 5.61. The van der Waals surface area contributed by atoms with Crippen molar-refractivity contribution >= 4 is 23.4 Å². The first-order valence-corrected chi connectivity index (χ1v) is 7.85. The van der Waals surface area contributed by atoms with E-state index in [1.807, 2.05) is 35.2 Å². The summed E-state index contributed by atoms with van der Waals surface area (Å²) in [6, 6.07) is 9.06. The van der Waals surface area contributed by atoms with Gasteiger partial charge >= 0.3 is 5.97 Å². The molecule has 0 spiro atoms. The fraction of sp³-hybridized carbons (Fsp3) is 0.167. The number of carboxylic acids is 1. The Morgan fingerprint density at radius 3 is 2.64 bits per heavy atom. The van der Waals surface area contributed by atoms with Crippen molar-refractivity contribution in [3.05, 3.63) is 60.1 Å². The van der Waals surface area contributed by atoms with Crippen LogP contribution >= 0.6 is 0 Å². The van der Waals surface area contributed by atoms with Crippen molar-refractivity contribution in [3.8, 4) is 5.69 Å². The lowest BCUT2D eigenvalue weighted by Crippen LogP contribution is -2.37. The minimum atomic E-state index is -0.864. The highest BCUT2D eigenvalue weighted by atomic mass is 16.4. The normalized spacial score (nSPS) is 15.0. The smallest absolute Gasteiger partial charge is 0.303 e. The Morgan fingerprint density at radius 1 is 1.16 bits per heavy atom. The molecule has 1 aromatic carbocycles. The van der Waals surface area contributed by atoms with Crippen LogP contribution in [-0.2, 0) is 9.59 Å². The average molecular weight is 339 g/mol. The van der Waals surface area contributed by atoms with Crippen molar-refractivity contribution < 1.29 is 19.5 Å². The molecule has 3 rings (SSSR count). The van der Waals surface area contributed by atoms with Crippen LogP contribution in [0.1, 0.15) is 28.8 Å². The molecule has 2 heterocycles. The van der Waals surface area contributed by atoms with Crippen LogP contribution in [-0.4, -0.2) is 34.0 Å². The summed E-state index contributed by atoms with van der Waals surface area (Å²) in [5.74, 6) is -1.77. The Morgan fingerprint density at radius 2 is 1.92 bits per heavy atom. The summed E-state index contributed by atoms with van der Waals surface area (Å²) in [7, 11) is 0. The van der Waals surface area contributed by atoms with E-state index in [0.29, 0.717) is 29.7 Å². The van der Waals surface area contributed by atoms with Gasteiger partial charge in [-0.1, -0.05) is 0 Å². The van der Waals surface area contributed by atoms with Crippen molar-refractivity contribution in [2.24, 2.45) is 0 Å². The number of aromatic nitrogens is 1. The molecule has 7 heteroatoms. The largest absolute Gasteiger partial charge is 0.481 e. The monoisotopic (exact) mass is 339 g/mol. The third-order valence-electron chi connectivity index (χ3n) is 3.87. The molecule has 2 amide bonds. The molecule has 0 atom stereocenters. The predicted octanol–water partition coefficient (Wildman–Crippen LogP) is 1.54. The maximum Gasteiger partial charge on any atom is 0.303 e. The number of hydrogen-bond acceptors (Lipinski definition) is 4. The van der Waals surface area contributed by atoms with Gasteiger partial charge in [-0.15, -0.1) is 0 Å². The molecular weight excluding hydrogens is 322 g/mol. The van der Waals surface area contributed by atoms with Crippen molar-refractivity contribution in [2.75, 3.05) is 6.54 Å². The highest BCUT2D eigenvalue weighted by Gasteiger charge is 2.27. The zero-order chi connectivity index (χ0) is 17.8. The molecule has 0 saturated heterocycles. The number of carbonyl (C=O) groups excluding carboxylic acids is 2. The molecule has 1 aliphatic heterocycles. The maximum absolute atomic E-state index is 12.2. The average Bonchev–Trinajstić information content (AvgIpc) is 3.11. The lowest BCUT2D eigenvalue weighted by atomic mass is 9.95. The number of carboxylic acid groups (broad SMARTS) is 1. The number of hydrogen-bond donors (Lipinski definition) is 3. The summed E-state index contributed by atoms with van der Waals surface area (Å²) in [4.78, 5) is 34.8. The lowest BCUT2D eigenvalue weighted by molar-refractivity contribution is -0.137. The van der Waals surface area contributed by atoms with Gasteiger partial charge in [0.25, 0.3) is 11.8 Å². The SMILES string of the molecule is O=C(O)CCCN/C=C1\C(=O)NC(=O)c2ccc(-n3cccc3)cc21. The molecule has 0 aliphatic carbocycles. The molecule has 7 nitrogen and oxygen atoms in total. The first kappa shape index (κ1) is 16.5. The van der Waals surface area contributed by atoms with Crippen LogP contribution in [0, 0.1) is 0 Å². The third-order valence-corrected chi connectivity index (χ3v) is 3.87. The maximum atomic E-state index is 12.2. The van der Waals surface area contributed by atoms with Gasteiger partial charge in [-0.25, -0.2) is 0 Å². The molecule has 128 valence electrons. The van der Waals surface area contributed by atoms with Crippen molar-refractivity contribution in [2.45, 2.75) is 12.8 Å². The van der Waals surface area contributed by atoms with Gasteiger partial charge in [0, 0.05) is 48.4 Å². The number of imide groups is 1. The fourth-order valence-corrected chi connectivity index (χ4v) is 2.64. The molecular formula is C18H17N3O4. The summed E-state index contributed by atoms with van der Waals surface area (Å²) in [6.07, 6.45) is 5.77. The Bertz CT molecular complexity index is 853. The van der Waals surface area contributed by atoms with E-state index in [2.05, 4.69) is 10.6 Å². The number of nitrogens with zero attached hydrogens (tertiary/aromatic N) is 1. The zero-order valence-electron chi connectivity index (χ0n) is 13.4. The van der Waals surface area contributed by atoms with Crippen LogP contribution in [0.15, 0.2) is 48.9 Å². The number of amides is 2. The van der Waals surface area contributed by atoms with Gasteiger partial charge in [0.15, 0.2) is 0 Å². The van der Waals surface area contributed by atoms with E-state index in [1.54, 1.807) is 12.1 Å². The van der Waals surface area contributed by atoms with Gasteiger partial charge in [-0.3, -0.25) is 19.7 Å². The lowest BCUT2D eigenvalue weighted by Gasteiger charge is -2.19. The van der Waals surface area contributed by atoms with Crippen LogP contribution in [0.5, 0.6) is 0 Å². The van der Waals surface area contributed by atoms with Crippen molar-refractivity contribution in [1.82, 2.24) is 15.2 Å². The van der Waals surface area contributed by atoms with E-state index >= 15 is 0 Å². The van der Waals surface area contributed by atoms with Crippen LogP contribution in [0.25, 0.3) is 11.3 Å². The standard InChI is InChI=1S/C18H17N3O4/c22-16(23)4-3-7-19-11-15-14-10-12(21-8-1-2-9-21)5-6-13(14)17(24)20-18(15)25/h1-2,5-6,8-11,19H,3-4,7H2,(H,22,23)(H,20,24,25)/b15-11-. The highest BCUT2D eigenvalue weighted by molar-refractivity contribution is 6.31. The summed E-state index contributed by atoms with van der Waals surface area (Å²) in [5, 5.41) is 13.9. The molecule has 0 fully saturated rings. The number of nitrogens with one attached hydrogen (secondary N) is 2. The minimum absolute atomic E-state index is 0.0508. The Kier molecular flexibility index (Phi) is 4.65. The molecule has 0 saturated carbocycles. The third kappa shape index (κ3) is 3.60. The molecule has 1 aliphatic rings. The first-order chi connectivity index (χ1) is 12.1. The van der Waals surface area contributed by atoms with E-state index in [4.69, 9.17) is 5.11 Å². The molecule has 25 heavy (non-hydrogen) atoms. The van der Waals surface area contributed by atoms with E-state index in [0.717, 1.165) is 5.69 Å². The Balaban J connectivity index is 1.88. The Hall–Kier alpha value is -3.35.